The average Bonchev–Trinajstić information content (AvgIpc) is 3.23. The summed E-state index contributed by atoms with van der Waals surface area (Å²) in [6.07, 6.45) is 0.393. The highest BCUT2D eigenvalue weighted by molar-refractivity contribution is 6.31. The highest BCUT2D eigenvalue weighted by Crippen LogP contribution is 2.53. The summed E-state index contributed by atoms with van der Waals surface area (Å²) in [6.45, 7) is 13.7. The van der Waals surface area contributed by atoms with Crippen LogP contribution < -0.4 is 10.6 Å². The van der Waals surface area contributed by atoms with Crippen molar-refractivity contribution in [2.45, 2.75) is 102 Å². The smallest absolute Gasteiger partial charge is 0.427 e. The fourth-order valence-corrected chi connectivity index (χ4v) is 6.84. The first kappa shape index (κ1) is 35.9. The largest absolute Gasteiger partial charge is 0.528 e. The number of nitrogens with zero attached hydrogens (tertiary/aromatic N) is 2. The Morgan fingerprint density at radius 1 is 1.11 bits per heavy atom. The fourth-order valence-electron chi connectivity index (χ4n) is 6.50. The van der Waals surface area contributed by atoms with Gasteiger partial charge in [-0.1, -0.05) is 62.2 Å². The van der Waals surface area contributed by atoms with Crippen molar-refractivity contribution in [1.29, 1.82) is 5.26 Å². The molecular weight excluding hydrogens is 637 g/mol. The van der Waals surface area contributed by atoms with Gasteiger partial charge in [0, 0.05) is 41.2 Å². The number of rotatable bonds is 6. The van der Waals surface area contributed by atoms with Gasteiger partial charge in [-0.25, -0.2) is 13.6 Å². The van der Waals surface area contributed by atoms with Gasteiger partial charge in [0.1, 0.15) is 22.7 Å². The second kappa shape index (κ2) is 13.3. The van der Waals surface area contributed by atoms with Gasteiger partial charge < -0.3 is 20.2 Å². The maximum Gasteiger partial charge on any atom is 0.528 e. The van der Waals surface area contributed by atoms with Crippen LogP contribution in [0.25, 0.3) is 0 Å². The van der Waals surface area contributed by atoms with E-state index in [0.717, 1.165) is 6.07 Å². The number of carbonyl (C=O) groups is 2. The number of ether oxygens (including phenoxy) is 1. The zero-order valence-corrected chi connectivity index (χ0v) is 28.8. The van der Waals surface area contributed by atoms with Gasteiger partial charge in [-0.2, -0.15) is 5.26 Å². The van der Waals surface area contributed by atoms with E-state index in [0.29, 0.717) is 32.4 Å². The summed E-state index contributed by atoms with van der Waals surface area (Å²) < 4.78 is 37.0. The predicted molar refractivity (Wildman–Crippen MR) is 172 cm³/mol. The van der Waals surface area contributed by atoms with Gasteiger partial charge in [-0.15, -0.1) is 5.06 Å². The molecule has 0 saturated carbocycles. The predicted octanol–water partition coefficient (Wildman–Crippen LogP) is 7.43. The summed E-state index contributed by atoms with van der Waals surface area (Å²) in [6, 6.07) is 8.93. The molecular formula is C34H42Cl2F2N4O4. The van der Waals surface area contributed by atoms with Gasteiger partial charge in [0.05, 0.1) is 17.1 Å². The number of amides is 1. The van der Waals surface area contributed by atoms with Gasteiger partial charge in [-0.3, -0.25) is 4.79 Å². The third kappa shape index (κ3) is 7.76. The van der Waals surface area contributed by atoms with Crippen LogP contribution in [0.3, 0.4) is 0 Å². The Hall–Kier alpha value is -2.97. The minimum absolute atomic E-state index is 0.0136. The Kier molecular flexibility index (Phi) is 10.3. The van der Waals surface area contributed by atoms with Gasteiger partial charge >= 0.3 is 6.16 Å². The van der Waals surface area contributed by atoms with Crippen molar-refractivity contribution in [2.75, 3.05) is 13.1 Å². The molecule has 0 aliphatic carbocycles. The maximum atomic E-state index is 15.9. The van der Waals surface area contributed by atoms with Crippen LogP contribution in [0.2, 0.25) is 10.0 Å². The topological polar surface area (TPSA) is 104 Å². The SMILES string of the molecule is CC(C)(C)C[C@@H]1N[C@@H](C(=O)NC2(C)CCN(OC(=O)OC(C)(C)C)CC2)[C@H](c2cccc(Cl)c2F)[C@@]1(C#N)c1ccc(Cl)cc1F. The summed E-state index contributed by atoms with van der Waals surface area (Å²) in [5.74, 6) is -3.15. The van der Waals surface area contributed by atoms with Crippen molar-refractivity contribution >= 4 is 35.3 Å². The summed E-state index contributed by atoms with van der Waals surface area (Å²) in [5, 5.41) is 19.0. The Morgan fingerprint density at radius 2 is 1.76 bits per heavy atom. The normalized spacial score (nSPS) is 25.0. The first-order valence-corrected chi connectivity index (χ1v) is 16.1. The molecule has 8 nitrogen and oxygen atoms in total. The second-order valence-electron chi connectivity index (χ2n) is 14.7. The zero-order valence-electron chi connectivity index (χ0n) is 27.3. The minimum Gasteiger partial charge on any atom is -0.427 e. The Balaban J connectivity index is 1.72. The molecule has 0 unspecified atom stereocenters. The van der Waals surface area contributed by atoms with E-state index in [2.05, 4.69) is 16.7 Å². The molecule has 2 aromatic carbocycles. The van der Waals surface area contributed by atoms with Crippen LogP contribution >= 0.6 is 23.2 Å². The number of nitriles is 1. The highest BCUT2D eigenvalue weighted by Gasteiger charge is 2.61. The summed E-state index contributed by atoms with van der Waals surface area (Å²) in [5.41, 5.74) is -3.48. The van der Waals surface area contributed by atoms with Crippen molar-refractivity contribution < 1.29 is 27.9 Å². The van der Waals surface area contributed by atoms with Crippen molar-refractivity contribution in [1.82, 2.24) is 15.7 Å². The monoisotopic (exact) mass is 678 g/mol. The molecule has 2 N–H and O–H groups in total. The van der Waals surface area contributed by atoms with E-state index >= 15 is 8.78 Å². The molecule has 2 saturated heterocycles. The summed E-state index contributed by atoms with van der Waals surface area (Å²) >= 11 is 12.3. The molecule has 2 aliphatic rings. The van der Waals surface area contributed by atoms with E-state index in [1.807, 2.05) is 27.7 Å². The second-order valence-corrected chi connectivity index (χ2v) is 15.6. The molecule has 0 radical (unpaired) electrons. The van der Waals surface area contributed by atoms with E-state index in [4.69, 9.17) is 32.8 Å². The first-order chi connectivity index (χ1) is 21.3. The van der Waals surface area contributed by atoms with Gasteiger partial charge in [0.15, 0.2) is 0 Å². The Labute approximate surface area is 279 Å². The van der Waals surface area contributed by atoms with E-state index in [1.165, 1.54) is 29.3 Å². The van der Waals surface area contributed by atoms with Crippen molar-refractivity contribution in [3.63, 3.8) is 0 Å². The summed E-state index contributed by atoms with van der Waals surface area (Å²) in [7, 11) is 0. The van der Waals surface area contributed by atoms with Crippen molar-refractivity contribution in [3.8, 4) is 6.07 Å². The van der Waals surface area contributed by atoms with Crippen LogP contribution in [0.15, 0.2) is 36.4 Å². The quantitative estimate of drug-likeness (QED) is 0.306. The number of nitrogens with one attached hydrogen (secondary N) is 2. The molecule has 250 valence electrons. The number of halogens is 4. The number of hydrogen-bond donors (Lipinski definition) is 2. The molecule has 2 heterocycles. The molecule has 4 atom stereocenters. The third-order valence-electron chi connectivity index (χ3n) is 8.58. The summed E-state index contributed by atoms with van der Waals surface area (Å²) in [4.78, 5) is 31.9. The molecule has 2 aliphatic heterocycles. The molecule has 2 fully saturated rings. The van der Waals surface area contributed by atoms with Crippen LogP contribution in [0, 0.1) is 28.4 Å². The lowest BCUT2D eigenvalue weighted by molar-refractivity contribution is -0.159. The first-order valence-electron chi connectivity index (χ1n) is 15.3. The minimum atomic E-state index is -1.72. The zero-order chi connectivity index (χ0) is 34.2. The number of piperidine rings is 1. The Morgan fingerprint density at radius 3 is 2.33 bits per heavy atom. The van der Waals surface area contributed by atoms with Crippen LogP contribution in [0.1, 0.15) is 84.8 Å². The van der Waals surface area contributed by atoms with E-state index in [-0.39, 0.29) is 26.6 Å². The van der Waals surface area contributed by atoms with Crippen LogP contribution in [0.5, 0.6) is 0 Å². The van der Waals surface area contributed by atoms with E-state index in [9.17, 15) is 14.9 Å². The number of benzene rings is 2. The fraction of sp³-hybridized carbons (Fsp3) is 0.559. The molecule has 0 bridgehead atoms. The lowest BCUT2D eigenvalue weighted by Crippen LogP contribution is -2.57. The Bertz CT molecular complexity index is 1510. The average molecular weight is 680 g/mol. The van der Waals surface area contributed by atoms with Crippen molar-refractivity contribution in [2.24, 2.45) is 5.41 Å². The number of hydrogen-bond acceptors (Lipinski definition) is 7. The molecule has 1 amide bonds. The maximum absolute atomic E-state index is 15.9. The van der Waals surface area contributed by atoms with Gasteiger partial charge in [-0.05, 0) is 76.1 Å². The third-order valence-corrected chi connectivity index (χ3v) is 9.10. The lowest BCUT2D eigenvalue weighted by atomic mass is 9.62. The molecule has 4 rings (SSSR count). The van der Waals surface area contributed by atoms with Crippen molar-refractivity contribution in [3.05, 3.63) is 69.2 Å². The van der Waals surface area contributed by atoms with Crippen LogP contribution in [-0.4, -0.2) is 53.4 Å². The standard InChI is InChI=1S/C34H42Cl2F2N4O4/c1-31(2,3)18-25-34(19-39,22-12-11-20(35)17-24(22)37)26(21-9-8-10-23(36)27(21)38)28(40-25)29(43)41-33(7)13-15-42(16-14-33)46-30(44)45-32(4,5)6/h8-12,17,25-26,28,40H,13-16,18H2,1-7H3,(H,41,43)/t25-,26-,28+,34-/m0/s1. The van der Waals surface area contributed by atoms with Gasteiger partial charge in [0.2, 0.25) is 5.91 Å². The molecule has 2 aromatic rings. The number of carbonyl (C=O) groups excluding carboxylic acids is 2. The van der Waals surface area contributed by atoms with Gasteiger partial charge in [0.25, 0.3) is 0 Å². The van der Waals surface area contributed by atoms with E-state index < -0.39 is 58.3 Å². The molecule has 12 heteroatoms. The lowest BCUT2D eigenvalue weighted by Gasteiger charge is -2.40. The van der Waals surface area contributed by atoms with E-state index in [1.54, 1.807) is 26.8 Å². The highest BCUT2D eigenvalue weighted by atomic mass is 35.5. The molecule has 0 spiro atoms. The van der Waals surface area contributed by atoms with Crippen LogP contribution in [0.4, 0.5) is 13.6 Å². The molecule has 46 heavy (non-hydrogen) atoms. The molecule has 0 aromatic heterocycles. The number of hydroxylamine groups is 2. The van der Waals surface area contributed by atoms with Crippen LogP contribution in [-0.2, 0) is 19.8 Å².